The number of aromatic nitrogens is 1. The number of carbonyl (C=O) groups is 1. The van der Waals surface area contributed by atoms with Gasteiger partial charge in [-0.25, -0.2) is 9.78 Å². The number of carboxylic acid groups (broad SMARTS) is 1. The van der Waals surface area contributed by atoms with E-state index in [-0.39, 0.29) is 16.5 Å². The number of ether oxygens (including phenoxy) is 1. The van der Waals surface area contributed by atoms with E-state index in [2.05, 4.69) is 4.98 Å². The summed E-state index contributed by atoms with van der Waals surface area (Å²) in [5.74, 6) is -0.627. The van der Waals surface area contributed by atoms with Gasteiger partial charge in [0.2, 0.25) is 5.88 Å². The maximum Gasteiger partial charge on any atom is 0.337 e. The largest absolute Gasteiger partial charge is 0.478 e. The van der Waals surface area contributed by atoms with Gasteiger partial charge in [-0.05, 0) is 24.6 Å². The van der Waals surface area contributed by atoms with E-state index in [4.69, 9.17) is 33.0 Å². The lowest BCUT2D eigenvalue weighted by molar-refractivity contribution is 0.0696. The summed E-state index contributed by atoms with van der Waals surface area (Å²) in [6, 6.07) is 6.51. The Morgan fingerprint density at radius 2 is 2.00 bits per heavy atom. The van der Waals surface area contributed by atoms with Crippen molar-refractivity contribution in [1.29, 1.82) is 0 Å². The minimum Gasteiger partial charge on any atom is -0.478 e. The van der Waals surface area contributed by atoms with Crippen molar-refractivity contribution in [2.75, 3.05) is 0 Å². The van der Waals surface area contributed by atoms with Gasteiger partial charge in [0.05, 0.1) is 21.8 Å². The second-order valence-electron chi connectivity index (χ2n) is 3.84. The summed E-state index contributed by atoms with van der Waals surface area (Å²) in [4.78, 5) is 14.8. The smallest absolute Gasteiger partial charge is 0.337 e. The summed E-state index contributed by atoms with van der Waals surface area (Å²) in [5, 5.41) is 9.43. The summed E-state index contributed by atoms with van der Waals surface area (Å²) in [7, 11) is 0. The number of halogens is 2. The zero-order valence-electron chi connectivity index (χ0n) is 9.85. The predicted molar refractivity (Wildman–Crippen MR) is 72.5 cm³/mol. The molecule has 19 heavy (non-hydrogen) atoms. The first-order valence-electron chi connectivity index (χ1n) is 5.30. The average Bonchev–Trinajstić information content (AvgIpc) is 2.34. The predicted octanol–water partition coefficient (Wildman–Crippen LogP) is 4.19. The lowest BCUT2D eigenvalue weighted by Crippen LogP contribution is -1.99. The van der Waals surface area contributed by atoms with E-state index in [1.165, 1.54) is 12.3 Å². The molecule has 0 amide bonds. The van der Waals surface area contributed by atoms with Crippen LogP contribution in [0.2, 0.25) is 10.0 Å². The fraction of sp³-hybridized carbons (Fsp3) is 0.0769. The summed E-state index contributed by atoms with van der Waals surface area (Å²) in [6.45, 7) is 1.90. The van der Waals surface area contributed by atoms with E-state index in [0.29, 0.717) is 10.8 Å². The van der Waals surface area contributed by atoms with Crippen molar-refractivity contribution in [2.24, 2.45) is 0 Å². The fourth-order valence-electron chi connectivity index (χ4n) is 1.44. The first-order valence-corrected chi connectivity index (χ1v) is 6.06. The van der Waals surface area contributed by atoms with Crippen molar-refractivity contribution in [1.82, 2.24) is 4.98 Å². The number of aryl methyl sites for hydroxylation is 1. The second-order valence-corrected chi connectivity index (χ2v) is 4.66. The highest BCUT2D eigenvalue weighted by molar-refractivity contribution is 6.33. The monoisotopic (exact) mass is 297 g/mol. The molecule has 1 aromatic carbocycles. The van der Waals surface area contributed by atoms with Crippen LogP contribution in [0.1, 0.15) is 15.9 Å². The molecule has 0 atom stereocenters. The quantitative estimate of drug-likeness (QED) is 0.923. The van der Waals surface area contributed by atoms with Crippen molar-refractivity contribution < 1.29 is 14.6 Å². The molecule has 0 aliphatic rings. The second kappa shape index (κ2) is 5.47. The van der Waals surface area contributed by atoms with Gasteiger partial charge in [0.1, 0.15) is 5.75 Å². The van der Waals surface area contributed by atoms with Gasteiger partial charge in [0, 0.05) is 6.07 Å². The SMILES string of the molecule is Cc1ccc(Oc2cc(C(=O)O)c(Cl)cn2)c(Cl)c1. The van der Waals surface area contributed by atoms with Crippen molar-refractivity contribution in [3.05, 3.63) is 51.6 Å². The standard InChI is InChI=1S/C13H9Cl2NO3/c1-7-2-3-11(9(14)4-7)19-12-5-8(13(17)18)10(15)6-16-12/h2-6H,1H3,(H,17,18). The number of benzene rings is 1. The van der Waals surface area contributed by atoms with Gasteiger partial charge in [0.25, 0.3) is 0 Å². The van der Waals surface area contributed by atoms with Gasteiger partial charge in [-0.1, -0.05) is 29.3 Å². The minimum absolute atomic E-state index is 0.0508. The van der Waals surface area contributed by atoms with Gasteiger partial charge < -0.3 is 9.84 Å². The van der Waals surface area contributed by atoms with Gasteiger partial charge in [-0.2, -0.15) is 0 Å². The lowest BCUT2D eigenvalue weighted by atomic mass is 10.2. The molecule has 0 fully saturated rings. The van der Waals surface area contributed by atoms with Gasteiger partial charge in [-0.3, -0.25) is 0 Å². The highest BCUT2D eigenvalue weighted by Gasteiger charge is 2.12. The number of pyridine rings is 1. The average molecular weight is 298 g/mol. The number of aromatic carboxylic acids is 1. The molecule has 0 aliphatic carbocycles. The first-order chi connectivity index (χ1) is 8.97. The molecule has 0 saturated carbocycles. The van der Waals surface area contributed by atoms with Gasteiger partial charge in [-0.15, -0.1) is 0 Å². The number of hydrogen-bond acceptors (Lipinski definition) is 3. The van der Waals surface area contributed by atoms with Crippen molar-refractivity contribution >= 4 is 29.2 Å². The Morgan fingerprint density at radius 3 is 2.63 bits per heavy atom. The molecule has 2 aromatic rings. The van der Waals surface area contributed by atoms with Crippen LogP contribution >= 0.6 is 23.2 Å². The highest BCUT2D eigenvalue weighted by atomic mass is 35.5. The minimum atomic E-state index is -1.15. The molecule has 4 nitrogen and oxygen atoms in total. The molecule has 1 heterocycles. The zero-order valence-corrected chi connectivity index (χ0v) is 11.4. The molecule has 0 spiro atoms. The van der Waals surface area contributed by atoms with Gasteiger partial charge in [0.15, 0.2) is 0 Å². The van der Waals surface area contributed by atoms with E-state index >= 15 is 0 Å². The van der Waals surface area contributed by atoms with E-state index in [0.717, 1.165) is 5.56 Å². The Labute approximate surface area is 119 Å². The Morgan fingerprint density at radius 1 is 1.26 bits per heavy atom. The normalized spacial score (nSPS) is 10.3. The summed E-state index contributed by atoms with van der Waals surface area (Å²) >= 11 is 11.7. The van der Waals surface area contributed by atoms with Gasteiger partial charge >= 0.3 is 5.97 Å². The Bertz CT molecular complexity index is 644. The third-order valence-electron chi connectivity index (χ3n) is 2.36. The van der Waals surface area contributed by atoms with Crippen LogP contribution in [-0.4, -0.2) is 16.1 Å². The molecule has 6 heteroatoms. The van der Waals surface area contributed by atoms with Crippen molar-refractivity contribution in [3.63, 3.8) is 0 Å². The van der Waals surface area contributed by atoms with Crippen LogP contribution in [0.25, 0.3) is 0 Å². The lowest BCUT2D eigenvalue weighted by Gasteiger charge is -2.08. The van der Waals surface area contributed by atoms with Crippen LogP contribution in [0, 0.1) is 6.92 Å². The molecule has 1 aromatic heterocycles. The van der Waals surface area contributed by atoms with Crippen LogP contribution in [-0.2, 0) is 0 Å². The van der Waals surface area contributed by atoms with E-state index in [1.54, 1.807) is 12.1 Å². The molecule has 2 rings (SSSR count). The molecule has 0 unspecified atom stereocenters. The number of nitrogens with zero attached hydrogens (tertiary/aromatic N) is 1. The first kappa shape index (κ1) is 13.6. The zero-order chi connectivity index (χ0) is 14.0. The maximum atomic E-state index is 10.9. The van der Waals surface area contributed by atoms with Crippen molar-refractivity contribution in [3.8, 4) is 11.6 Å². The Kier molecular flexibility index (Phi) is 3.93. The molecule has 0 aliphatic heterocycles. The number of hydrogen-bond donors (Lipinski definition) is 1. The fourth-order valence-corrected chi connectivity index (χ4v) is 1.90. The van der Waals surface area contributed by atoms with Crippen LogP contribution in [0.5, 0.6) is 11.6 Å². The molecular formula is C13H9Cl2NO3. The van der Waals surface area contributed by atoms with Crippen molar-refractivity contribution in [2.45, 2.75) is 6.92 Å². The van der Waals surface area contributed by atoms with Crippen LogP contribution in [0.4, 0.5) is 0 Å². The molecule has 0 saturated heterocycles. The Hall–Kier alpha value is -1.78. The third-order valence-corrected chi connectivity index (χ3v) is 2.96. The van der Waals surface area contributed by atoms with E-state index < -0.39 is 5.97 Å². The van der Waals surface area contributed by atoms with Crippen LogP contribution in [0.3, 0.4) is 0 Å². The Balaban J connectivity index is 2.33. The summed E-state index contributed by atoms with van der Waals surface area (Å²) < 4.78 is 5.44. The molecule has 98 valence electrons. The summed E-state index contributed by atoms with van der Waals surface area (Å²) in [6.07, 6.45) is 1.22. The number of rotatable bonds is 3. The van der Waals surface area contributed by atoms with E-state index in [9.17, 15) is 4.79 Å². The molecule has 0 bridgehead atoms. The molecule has 1 N–H and O–H groups in total. The van der Waals surface area contributed by atoms with Crippen LogP contribution in [0.15, 0.2) is 30.5 Å². The summed E-state index contributed by atoms with van der Waals surface area (Å²) in [5.41, 5.74) is 0.919. The van der Waals surface area contributed by atoms with Crippen LogP contribution < -0.4 is 4.74 Å². The highest BCUT2D eigenvalue weighted by Crippen LogP contribution is 2.30. The third kappa shape index (κ3) is 3.16. The van der Waals surface area contributed by atoms with E-state index in [1.807, 2.05) is 13.0 Å². The maximum absolute atomic E-state index is 10.9. The number of carboxylic acids is 1. The molecular weight excluding hydrogens is 289 g/mol. The topological polar surface area (TPSA) is 59.4 Å². The molecule has 0 radical (unpaired) electrons.